The van der Waals surface area contributed by atoms with Gasteiger partial charge in [-0.15, -0.1) is 0 Å². The third-order valence-electron chi connectivity index (χ3n) is 1.72. The summed E-state index contributed by atoms with van der Waals surface area (Å²) in [6.45, 7) is 7.60. The maximum atomic E-state index is 7.70. The fourth-order valence-electron chi connectivity index (χ4n) is 0.938. The van der Waals surface area contributed by atoms with E-state index in [0.717, 1.165) is 11.1 Å². The van der Waals surface area contributed by atoms with Gasteiger partial charge in [-0.2, -0.15) is 0 Å². The summed E-state index contributed by atoms with van der Waals surface area (Å²) in [4.78, 5) is 4.15. The van der Waals surface area contributed by atoms with E-state index < -0.39 is 0 Å². The molecule has 0 aliphatic heterocycles. The van der Waals surface area contributed by atoms with Crippen LogP contribution >= 0.6 is 0 Å². The summed E-state index contributed by atoms with van der Waals surface area (Å²) in [6.07, 6.45) is 5.28. The average Bonchev–Trinajstić information content (AvgIpc) is 2.15. The molecule has 1 heterocycles. The van der Waals surface area contributed by atoms with Crippen LogP contribution in [0.4, 0.5) is 0 Å². The minimum absolute atomic E-state index is 0.410. The number of nitrogens with one attached hydrogen (secondary N) is 1. The van der Waals surface area contributed by atoms with Gasteiger partial charge in [0.1, 0.15) is 0 Å². The molecule has 0 unspecified atom stereocenters. The summed E-state index contributed by atoms with van der Waals surface area (Å²) in [7, 11) is 0. The van der Waals surface area contributed by atoms with Crippen molar-refractivity contribution < 1.29 is 0 Å². The molecule has 1 rings (SSSR count). The lowest BCUT2D eigenvalue weighted by Gasteiger charge is -1.97. The van der Waals surface area contributed by atoms with Crippen LogP contribution in [-0.4, -0.2) is 10.7 Å². The molecule has 2 nitrogen and oxygen atoms in total. The number of pyridine rings is 1. The first-order chi connectivity index (χ1) is 6.59. The fraction of sp³-hybridized carbons (Fsp3) is 0.167. The van der Waals surface area contributed by atoms with E-state index in [9.17, 15) is 0 Å². The molecule has 0 fully saturated rings. The van der Waals surface area contributed by atoms with Crippen molar-refractivity contribution in [2.45, 2.75) is 13.8 Å². The Bertz CT molecular complexity index is 372. The number of hydrogen-bond acceptors (Lipinski definition) is 2. The van der Waals surface area contributed by atoms with E-state index in [4.69, 9.17) is 5.41 Å². The van der Waals surface area contributed by atoms with Crippen molar-refractivity contribution in [1.29, 1.82) is 5.41 Å². The first-order valence-electron chi connectivity index (χ1n) is 4.45. The highest BCUT2D eigenvalue weighted by Gasteiger charge is 1.97. The molecule has 14 heavy (non-hydrogen) atoms. The number of nitrogens with zero attached hydrogens (tertiary/aromatic N) is 1. The number of hydrogen-bond donors (Lipinski definition) is 1. The van der Waals surface area contributed by atoms with Crippen LogP contribution in [0, 0.1) is 12.3 Å². The molecular weight excluding hydrogens is 172 g/mol. The lowest BCUT2D eigenvalue weighted by Crippen LogP contribution is -1.97. The summed E-state index contributed by atoms with van der Waals surface area (Å²) in [5, 5.41) is 7.70. The Morgan fingerprint density at radius 3 is 2.64 bits per heavy atom. The Morgan fingerprint density at radius 2 is 2.14 bits per heavy atom. The van der Waals surface area contributed by atoms with E-state index >= 15 is 0 Å². The zero-order chi connectivity index (χ0) is 10.6. The van der Waals surface area contributed by atoms with Gasteiger partial charge in [-0.25, -0.2) is 0 Å². The predicted molar refractivity (Wildman–Crippen MR) is 59.8 cm³/mol. The van der Waals surface area contributed by atoms with Crippen molar-refractivity contribution in [3.63, 3.8) is 0 Å². The SMILES string of the molecule is C=C(C)/C=C\C(=N)c1ccc(C)cn1. The van der Waals surface area contributed by atoms with Crippen LogP contribution in [0.15, 0.2) is 42.6 Å². The topological polar surface area (TPSA) is 36.7 Å². The molecule has 0 aromatic carbocycles. The van der Waals surface area contributed by atoms with Crippen molar-refractivity contribution >= 4 is 5.71 Å². The second-order valence-electron chi connectivity index (χ2n) is 3.31. The molecule has 0 atom stereocenters. The van der Waals surface area contributed by atoms with Gasteiger partial charge in [0.05, 0.1) is 11.4 Å². The lowest BCUT2D eigenvalue weighted by molar-refractivity contribution is 1.23. The van der Waals surface area contributed by atoms with E-state index in [0.29, 0.717) is 11.4 Å². The molecule has 0 spiro atoms. The zero-order valence-electron chi connectivity index (χ0n) is 8.54. The maximum absolute atomic E-state index is 7.70. The van der Waals surface area contributed by atoms with Gasteiger partial charge in [0.25, 0.3) is 0 Å². The van der Waals surface area contributed by atoms with E-state index in [1.165, 1.54) is 0 Å². The van der Waals surface area contributed by atoms with Gasteiger partial charge < -0.3 is 0 Å². The quantitative estimate of drug-likeness (QED) is 0.572. The highest BCUT2D eigenvalue weighted by Crippen LogP contribution is 2.01. The summed E-state index contributed by atoms with van der Waals surface area (Å²) < 4.78 is 0. The number of rotatable bonds is 3. The molecule has 0 aliphatic rings. The smallest absolute Gasteiger partial charge is 0.0879 e. The molecule has 0 radical (unpaired) electrons. The normalized spacial score (nSPS) is 10.4. The molecule has 2 heteroatoms. The first-order valence-corrected chi connectivity index (χ1v) is 4.45. The molecule has 1 N–H and O–H groups in total. The standard InChI is InChI=1S/C12H14N2/c1-9(2)4-6-11(13)12-7-5-10(3)8-14-12/h4-8,13H,1H2,2-3H3/b6-4-,13-11?. The van der Waals surface area contributed by atoms with Crippen LogP contribution in [-0.2, 0) is 0 Å². The molecular formula is C12H14N2. The molecule has 0 saturated heterocycles. The van der Waals surface area contributed by atoms with Crippen LogP contribution in [0.2, 0.25) is 0 Å². The van der Waals surface area contributed by atoms with Gasteiger partial charge >= 0.3 is 0 Å². The Morgan fingerprint density at radius 1 is 1.43 bits per heavy atom. The van der Waals surface area contributed by atoms with Crippen LogP contribution in [0.3, 0.4) is 0 Å². The molecule has 1 aromatic heterocycles. The van der Waals surface area contributed by atoms with Crippen molar-refractivity contribution in [2.75, 3.05) is 0 Å². The van der Waals surface area contributed by atoms with Crippen molar-refractivity contribution in [1.82, 2.24) is 4.98 Å². The molecule has 1 aromatic rings. The summed E-state index contributed by atoms with van der Waals surface area (Å²) in [6, 6.07) is 3.80. The van der Waals surface area contributed by atoms with Crippen molar-refractivity contribution in [3.05, 3.63) is 53.9 Å². The second kappa shape index (κ2) is 4.51. The van der Waals surface area contributed by atoms with Crippen LogP contribution in [0.25, 0.3) is 0 Å². The minimum Gasteiger partial charge on any atom is -0.299 e. The molecule has 0 bridgehead atoms. The summed E-state index contributed by atoms with van der Waals surface area (Å²) in [5.41, 5.74) is 3.13. The first kappa shape index (κ1) is 10.4. The minimum atomic E-state index is 0.410. The second-order valence-corrected chi connectivity index (χ2v) is 3.31. The van der Waals surface area contributed by atoms with Gasteiger partial charge in [-0.1, -0.05) is 24.3 Å². The van der Waals surface area contributed by atoms with Crippen LogP contribution in [0.5, 0.6) is 0 Å². The van der Waals surface area contributed by atoms with E-state index in [2.05, 4.69) is 11.6 Å². The summed E-state index contributed by atoms with van der Waals surface area (Å²) in [5.74, 6) is 0. The average molecular weight is 186 g/mol. The Balaban J connectivity index is 2.80. The van der Waals surface area contributed by atoms with Gasteiger partial charge in [0.2, 0.25) is 0 Å². The Labute approximate surface area is 84.5 Å². The van der Waals surface area contributed by atoms with Gasteiger partial charge in [0, 0.05) is 6.20 Å². The van der Waals surface area contributed by atoms with Crippen LogP contribution < -0.4 is 0 Å². The van der Waals surface area contributed by atoms with Gasteiger partial charge in [-0.3, -0.25) is 10.4 Å². The molecule has 0 amide bonds. The van der Waals surface area contributed by atoms with E-state index in [-0.39, 0.29) is 0 Å². The fourth-order valence-corrected chi connectivity index (χ4v) is 0.938. The highest BCUT2D eigenvalue weighted by atomic mass is 14.7. The third-order valence-corrected chi connectivity index (χ3v) is 1.72. The summed E-state index contributed by atoms with van der Waals surface area (Å²) >= 11 is 0. The number of aromatic nitrogens is 1. The third kappa shape index (κ3) is 2.98. The monoisotopic (exact) mass is 186 g/mol. The van der Waals surface area contributed by atoms with Gasteiger partial charge in [-0.05, 0) is 31.6 Å². The molecule has 0 saturated carbocycles. The lowest BCUT2D eigenvalue weighted by atomic mass is 10.2. The molecule has 72 valence electrons. The van der Waals surface area contributed by atoms with Gasteiger partial charge in [0.15, 0.2) is 0 Å². The number of aryl methyl sites for hydroxylation is 1. The molecule has 0 aliphatic carbocycles. The van der Waals surface area contributed by atoms with E-state index in [1.807, 2.05) is 32.1 Å². The Hall–Kier alpha value is -1.70. The maximum Gasteiger partial charge on any atom is 0.0879 e. The highest BCUT2D eigenvalue weighted by molar-refractivity contribution is 6.05. The van der Waals surface area contributed by atoms with Crippen LogP contribution in [0.1, 0.15) is 18.2 Å². The van der Waals surface area contributed by atoms with Crippen molar-refractivity contribution in [2.24, 2.45) is 0 Å². The zero-order valence-corrected chi connectivity index (χ0v) is 8.54. The van der Waals surface area contributed by atoms with E-state index in [1.54, 1.807) is 12.3 Å². The number of allylic oxidation sites excluding steroid dienone is 3. The predicted octanol–water partition coefficient (Wildman–Crippen LogP) is 2.89. The van der Waals surface area contributed by atoms with Crippen molar-refractivity contribution in [3.8, 4) is 0 Å². The Kier molecular flexibility index (Phi) is 3.35. The largest absolute Gasteiger partial charge is 0.299 e.